The number of amides is 11. The van der Waals surface area contributed by atoms with Crippen LogP contribution in [0.2, 0.25) is 0 Å². The van der Waals surface area contributed by atoms with Crippen LogP contribution in [0.1, 0.15) is 156 Å². The van der Waals surface area contributed by atoms with E-state index in [1.54, 1.807) is 54.5 Å². The first-order valence-electron chi connectivity index (χ1n) is 31.3. The summed E-state index contributed by atoms with van der Waals surface area (Å²) in [5, 5.41) is 23.1. The molecule has 0 saturated carbocycles. The van der Waals surface area contributed by atoms with Crippen LogP contribution in [0.25, 0.3) is 0 Å². The van der Waals surface area contributed by atoms with E-state index in [0.717, 1.165) is 9.80 Å². The molecular formula is C62H114N11O16P. The summed E-state index contributed by atoms with van der Waals surface area (Å²) >= 11 is 0. The molecule has 12 atom stereocenters. The topological polar surface area (TPSA) is 357 Å². The number of carbonyl (C=O) groups excluding carboxylic acids is 11. The third-order valence-electron chi connectivity index (χ3n) is 16.1. The molecule has 518 valence electrons. The Labute approximate surface area is 535 Å². The molecule has 27 nitrogen and oxygen atoms in total. The molecule has 1 fully saturated rings. The summed E-state index contributed by atoms with van der Waals surface area (Å²) in [7, 11) is 5.28. The summed E-state index contributed by atoms with van der Waals surface area (Å²) in [6, 6.07) is -12.3. The molecule has 1 saturated heterocycles. The van der Waals surface area contributed by atoms with E-state index in [1.165, 1.54) is 87.7 Å². The fraction of sp³-hybridized carbons (Fsp3) is 0.790. The number of hydrogen-bond acceptors (Lipinski definition) is 13. The average Bonchev–Trinajstić information content (AvgIpc) is 1.02. The molecule has 11 amide bonds. The highest BCUT2D eigenvalue weighted by molar-refractivity contribution is 7.45. The van der Waals surface area contributed by atoms with Crippen LogP contribution in [0.4, 0.5) is 0 Å². The predicted octanol–water partition coefficient (Wildman–Crippen LogP) is 2.34. The van der Waals surface area contributed by atoms with Gasteiger partial charge in [0.2, 0.25) is 65.0 Å². The van der Waals surface area contributed by atoms with E-state index in [4.69, 9.17) is 19.2 Å². The van der Waals surface area contributed by atoms with Crippen LogP contribution in [0, 0.1) is 41.4 Å². The Morgan fingerprint density at radius 3 is 1.29 bits per heavy atom. The van der Waals surface area contributed by atoms with Crippen molar-refractivity contribution in [3.8, 4) is 0 Å². The molecule has 0 radical (unpaired) electrons. The van der Waals surface area contributed by atoms with Gasteiger partial charge in [0, 0.05) is 49.3 Å². The van der Waals surface area contributed by atoms with Gasteiger partial charge in [-0.3, -0.25) is 52.7 Å². The van der Waals surface area contributed by atoms with E-state index in [-0.39, 0.29) is 55.8 Å². The zero-order chi connectivity index (χ0) is 70.5. The zero-order valence-electron chi connectivity index (χ0n) is 58.3. The van der Waals surface area contributed by atoms with Crippen molar-refractivity contribution in [1.29, 1.82) is 0 Å². The minimum absolute atomic E-state index is 0.0229. The molecule has 0 unspecified atom stereocenters. The van der Waals surface area contributed by atoms with Crippen LogP contribution in [-0.2, 0) is 57.3 Å². The quantitative estimate of drug-likeness (QED) is 0.0862. The first-order chi connectivity index (χ1) is 41.2. The Balaban J connectivity index is 0.0000152. The lowest BCUT2D eigenvalue weighted by molar-refractivity contribution is -0.157. The molecule has 1 rings (SSSR count). The summed E-state index contributed by atoms with van der Waals surface area (Å²) in [5.41, 5.74) is 0. The number of aliphatic hydroxyl groups is 1. The van der Waals surface area contributed by atoms with Gasteiger partial charge in [-0.25, -0.2) is 4.57 Å². The number of nitrogens with zero attached hydrogens (tertiary/aromatic N) is 7. The van der Waals surface area contributed by atoms with Gasteiger partial charge in [0.25, 0.3) is 0 Å². The van der Waals surface area contributed by atoms with Crippen LogP contribution in [0.5, 0.6) is 0 Å². The fourth-order valence-corrected chi connectivity index (χ4v) is 10.7. The lowest BCUT2D eigenvalue weighted by Crippen LogP contribution is -2.63. The molecule has 0 aromatic heterocycles. The van der Waals surface area contributed by atoms with Gasteiger partial charge in [-0.05, 0) is 101 Å². The largest absolute Gasteiger partial charge is 0.466 e. The molecule has 90 heavy (non-hydrogen) atoms. The summed E-state index contributed by atoms with van der Waals surface area (Å²) in [6.07, 6.45) is 3.04. The van der Waals surface area contributed by atoms with Crippen molar-refractivity contribution in [3.63, 3.8) is 0 Å². The summed E-state index contributed by atoms with van der Waals surface area (Å²) in [6.45, 7) is 29.3. The van der Waals surface area contributed by atoms with Crippen LogP contribution in [0.15, 0.2) is 12.2 Å². The number of hydrogen-bond donors (Lipinski definition) is 8. The van der Waals surface area contributed by atoms with Crippen molar-refractivity contribution in [1.82, 2.24) is 55.6 Å². The highest BCUT2D eigenvalue weighted by Gasteiger charge is 2.46. The van der Waals surface area contributed by atoms with Crippen molar-refractivity contribution < 1.29 is 77.1 Å². The van der Waals surface area contributed by atoms with E-state index < -0.39 is 164 Å². The second kappa shape index (κ2) is 38.1. The Hall–Kier alpha value is -6.02. The Morgan fingerprint density at radius 1 is 0.478 bits per heavy atom. The SMILES string of the molecule is C/C=C/C[C@@H](C)[C@@H](O)[C@H]1C(=O)N[C@@H](CC)C(=O)N(C)CC(=O)N(C)[C@@H](CC(C)C)C(=O)N[C@@H](C(C)C)C(=O)N(C)[C@@H](CC(C)C)C(=O)N[C@@H](C)C(=O)N[C@H](C)C(=O)N(C)[C@@H](CC(C)C)C(=O)N(C)[C@@H](CC(C)C)C(=O)N(C)[C@@H](C(C)C)C(=O)N1C.O=P(O)(O)O. The van der Waals surface area contributed by atoms with Crippen molar-refractivity contribution in [2.75, 3.05) is 55.9 Å². The third-order valence-corrected chi connectivity index (χ3v) is 16.1. The third kappa shape index (κ3) is 25.9. The minimum Gasteiger partial charge on any atom is -0.390 e. The van der Waals surface area contributed by atoms with Gasteiger partial charge < -0.3 is 75.4 Å². The van der Waals surface area contributed by atoms with Gasteiger partial charge >= 0.3 is 7.82 Å². The molecule has 0 aromatic carbocycles. The van der Waals surface area contributed by atoms with E-state index in [1.807, 2.05) is 61.5 Å². The molecule has 1 heterocycles. The monoisotopic (exact) mass is 1300 g/mol. The maximum Gasteiger partial charge on any atom is 0.466 e. The number of rotatable bonds is 15. The van der Waals surface area contributed by atoms with Gasteiger partial charge in [-0.2, -0.15) is 0 Å². The van der Waals surface area contributed by atoms with Crippen LogP contribution < -0.4 is 21.3 Å². The molecule has 8 N–H and O–H groups in total. The lowest BCUT2D eigenvalue weighted by atomic mass is 9.91. The number of carbonyl (C=O) groups is 11. The number of aliphatic hydroxyl groups excluding tert-OH is 1. The average molecular weight is 1300 g/mol. The van der Waals surface area contributed by atoms with Crippen LogP contribution in [0.3, 0.4) is 0 Å². The van der Waals surface area contributed by atoms with E-state index in [9.17, 15) is 48.3 Å². The summed E-state index contributed by atoms with van der Waals surface area (Å²) in [5.74, 6) is -9.71. The second-order valence-electron chi connectivity index (χ2n) is 26.6. The Bertz CT molecular complexity index is 2500. The smallest absolute Gasteiger partial charge is 0.390 e. The number of allylic oxidation sites excluding steroid dienone is 2. The van der Waals surface area contributed by atoms with Gasteiger partial charge in [0.15, 0.2) is 0 Å². The van der Waals surface area contributed by atoms with Crippen molar-refractivity contribution in [2.45, 2.75) is 223 Å². The molecular weight excluding hydrogens is 1190 g/mol. The molecule has 1 aliphatic heterocycles. The van der Waals surface area contributed by atoms with Gasteiger partial charge in [-0.1, -0.05) is 109 Å². The predicted molar refractivity (Wildman–Crippen MR) is 343 cm³/mol. The number of likely N-dealkylation sites (N-methyl/N-ethyl adjacent to an activating group) is 7. The van der Waals surface area contributed by atoms with Crippen molar-refractivity contribution >= 4 is 72.8 Å². The molecule has 0 spiro atoms. The normalized spacial score (nSPS) is 26.1. The summed E-state index contributed by atoms with van der Waals surface area (Å²) in [4.78, 5) is 190. The summed E-state index contributed by atoms with van der Waals surface area (Å²) < 4.78 is 8.88. The molecule has 0 aliphatic carbocycles. The number of nitrogens with one attached hydrogen (secondary N) is 4. The fourth-order valence-electron chi connectivity index (χ4n) is 10.7. The molecule has 28 heteroatoms. The zero-order valence-corrected chi connectivity index (χ0v) is 59.2. The first-order valence-corrected chi connectivity index (χ1v) is 32.9. The van der Waals surface area contributed by atoms with Gasteiger partial charge in [0.05, 0.1) is 12.6 Å². The van der Waals surface area contributed by atoms with Crippen LogP contribution >= 0.6 is 7.82 Å². The van der Waals surface area contributed by atoms with Crippen molar-refractivity contribution in [2.24, 2.45) is 41.4 Å². The molecule has 0 bridgehead atoms. The van der Waals surface area contributed by atoms with Gasteiger partial charge in [-0.15, -0.1) is 0 Å². The standard InChI is InChI=1S/C62H111N11O12.H3O4P/c1-25-27-28-40(15)52(75)51-56(79)65-43(26-2)58(81)67(18)33-48(74)68(19)44(29-34(3)4)55(78)66-49(38(11)12)61(84)69(20)45(30-35(5)6)54(77)63-41(16)53(76)64-42(17)57(80)70(21)46(31-36(7)8)59(82)71(22)47(32-37(9)10)60(83)72(23)50(39(13)14)62(85)73(51)24;1-5(2,3)4/h25,27,34-47,49-52,75H,26,28-33H2,1-24H3,(H,63,77)(H,64,76)(H,65,79)(H,66,78);(H3,1,2,3,4)/b27-25+;/t40-,41+,42-,43+,44+,45+,46+,47+,49+,50+,51+,52-;/m1./s1. The minimum atomic E-state index is -4.64. The highest BCUT2D eigenvalue weighted by Crippen LogP contribution is 2.27. The second-order valence-corrected chi connectivity index (χ2v) is 27.6. The molecule has 1 aliphatic rings. The van der Waals surface area contributed by atoms with E-state index >= 15 is 9.59 Å². The Morgan fingerprint density at radius 2 is 0.867 bits per heavy atom. The first kappa shape index (κ1) is 84.0. The maximum absolute atomic E-state index is 15.1. The van der Waals surface area contributed by atoms with E-state index in [0.29, 0.717) is 6.42 Å². The van der Waals surface area contributed by atoms with Crippen LogP contribution in [-0.4, -0.2) is 241 Å². The highest BCUT2D eigenvalue weighted by atomic mass is 31.2. The van der Waals surface area contributed by atoms with Gasteiger partial charge in [0.1, 0.15) is 60.4 Å². The molecule has 0 aromatic rings. The van der Waals surface area contributed by atoms with Crippen molar-refractivity contribution in [3.05, 3.63) is 12.2 Å². The number of phosphoric acid groups is 1. The Kier molecular flexibility index (Phi) is 35.6. The maximum atomic E-state index is 15.1. The lowest BCUT2D eigenvalue weighted by Gasteiger charge is -2.41. The van der Waals surface area contributed by atoms with E-state index in [2.05, 4.69) is 21.3 Å².